The molecule has 2 aliphatic rings. The van der Waals surface area contributed by atoms with Crippen LogP contribution in [0.1, 0.15) is 38.7 Å². The van der Waals surface area contributed by atoms with Crippen molar-refractivity contribution in [1.82, 2.24) is 15.5 Å². The van der Waals surface area contributed by atoms with Crippen molar-refractivity contribution >= 4 is 11.8 Å². The van der Waals surface area contributed by atoms with Crippen LogP contribution in [0.15, 0.2) is 36.4 Å². The summed E-state index contributed by atoms with van der Waals surface area (Å²) in [5.41, 5.74) is 1.32. The molecule has 9 heteroatoms. The molecule has 1 saturated heterocycles. The summed E-state index contributed by atoms with van der Waals surface area (Å²) in [5, 5.41) is 5.58. The Morgan fingerprint density at radius 2 is 1.90 bits per heavy atom. The number of hydrogen-bond donors (Lipinski definition) is 2. The average Bonchev–Trinajstić information content (AvgIpc) is 3.00. The third-order valence-corrected chi connectivity index (χ3v) is 5.05. The van der Waals surface area contributed by atoms with Gasteiger partial charge in [0, 0.05) is 25.2 Å². The van der Waals surface area contributed by atoms with E-state index in [0.29, 0.717) is 24.7 Å². The Labute approximate surface area is 163 Å². The highest BCUT2D eigenvalue weighted by atomic mass is 19.4. The molecule has 1 atom stereocenters. The van der Waals surface area contributed by atoms with Gasteiger partial charge in [-0.3, -0.25) is 14.5 Å². The van der Waals surface area contributed by atoms with E-state index < -0.39 is 17.6 Å². The van der Waals surface area contributed by atoms with E-state index in [1.807, 2.05) is 6.07 Å². The summed E-state index contributed by atoms with van der Waals surface area (Å²) < 4.78 is 52.5. The van der Waals surface area contributed by atoms with Crippen LogP contribution in [0.4, 0.5) is 17.6 Å². The monoisotopic (exact) mass is 407 g/mol. The van der Waals surface area contributed by atoms with Gasteiger partial charge in [0.15, 0.2) is 0 Å². The molecule has 0 bridgehead atoms. The molecule has 1 unspecified atom stereocenters. The van der Waals surface area contributed by atoms with Crippen molar-refractivity contribution in [3.63, 3.8) is 0 Å². The highest BCUT2D eigenvalue weighted by Crippen LogP contribution is 2.31. The Kier molecular flexibility index (Phi) is 4.77. The zero-order chi connectivity index (χ0) is 20.8. The first-order chi connectivity index (χ1) is 13.7. The molecule has 0 radical (unpaired) electrons. The summed E-state index contributed by atoms with van der Waals surface area (Å²) in [6.45, 7) is 0.773. The lowest BCUT2D eigenvalue weighted by molar-refractivity contribution is -0.138. The van der Waals surface area contributed by atoms with Crippen LogP contribution in [0, 0.1) is 5.82 Å². The van der Waals surface area contributed by atoms with Crippen molar-refractivity contribution in [2.45, 2.75) is 25.3 Å². The van der Waals surface area contributed by atoms with E-state index in [4.69, 9.17) is 0 Å². The highest BCUT2D eigenvalue weighted by Gasteiger charge is 2.32. The van der Waals surface area contributed by atoms with Crippen LogP contribution in [0.25, 0.3) is 0 Å². The Morgan fingerprint density at radius 1 is 1.10 bits per heavy atom. The maximum absolute atomic E-state index is 13.7. The molecule has 0 saturated carbocycles. The van der Waals surface area contributed by atoms with Crippen LogP contribution >= 0.6 is 0 Å². The van der Waals surface area contributed by atoms with Crippen LogP contribution < -0.4 is 10.6 Å². The van der Waals surface area contributed by atoms with Gasteiger partial charge in [0.05, 0.1) is 18.2 Å². The second-order valence-electron chi connectivity index (χ2n) is 7.23. The summed E-state index contributed by atoms with van der Waals surface area (Å²) in [4.78, 5) is 25.5. The van der Waals surface area contributed by atoms with Crippen LogP contribution in [0.2, 0.25) is 0 Å². The van der Waals surface area contributed by atoms with Gasteiger partial charge in [-0.25, -0.2) is 4.39 Å². The summed E-state index contributed by atoms with van der Waals surface area (Å²) in [5.74, 6) is -1.39. The summed E-state index contributed by atoms with van der Waals surface area (Å²) >= 11 is 0. The largest absolute Gasteiger partial charge is 0.416 e. The molecule has 0 aromatic heterocycles. The smallest absolute Gasteiger partial charge is 0.348 e. The molecule has 29 heavy (non-hydrogen) atoms. The molecule has 2 amide bonds. The fourth-order valence-electron chi connectivity index (χ4n) is 3.75. The third-order valence-electron chi connectivity index (χ3n) is 5.05. The van der Waals surface area contributed by atoms with E-state index in [0.717, 1.165) is 23.3 Å². The normalized spacial score (nSPS) is 19.7. The van der Waals surface area contributed by atoms with E-state index >= 15 is 0 Å². The lowest BCUT2D eigenvalue weighted by Gasteiger charge is -2.33. The number of amides is 2. The molecule has 2 aromatic carbocycles. The number of carbonyl (C=O) groups excluding carboxylic acids is 2. The summed E-state index contributed by atoms with van der Waals surface area (Å²) in [7, 11) is 0. The zero-order valence-corrected chi connectivity index (χ0v) is 15.1. The molecular formula is C20H17F4N3O2. The third kappa shape index (κ3) is 4.09. The minimum Gasteiger partial charge on any atom is -0.348 e. The van der Waals surface area contributed by atoms with E-state index in [9.17, 15) is 27.2 Å². The van der Waals surface area contributed by atoms with Gasteiger partial charge >= 0.3 is 6.18 Å². The number of alkyl halides is 3. The molecule has 0 spiro atoms. The van der Waals surface area contributed by atoms with Crippen molar-refractivity contribution in [2.24, 2.45) is 0 Å². The standard InChI is InChI=1S/C20H17F4N3O2/c21-15-4-11(3-14(6-15)20(22,23)24)8-27-9-17(26-18(28)10-27)12-1-2-16-13(5-12)7-25-19(16)29/h1-6,17H,7-10H2,(H,25,29)(H,26,28). The van der Waals surface area contributed by atoms with Crippen molar-refractivity contribution in [3.05, 3.63) is 70.0 Å². The number of hydrogen-bond acceptors (Lipinski definition) is 3. The minimum absolute atomic E-state index is 0.000648. The van der Waals surface area contributed by atoms with E-state index in [2.05, 4.69) is 10.6 Å². The van der Waals surface area contributed by atoms with Crippen LogP contribution in [0.5, 0.6) is 0 Å². The van der Waals surface area contributed by atoms with Crippen molar-refractivity contribution in [1.29, 1.82) is 0 Å². The first-order valence-corrected chi connectivity index (χ1v) is 8.98. The van der Waals surface area contributed by atoms with Crippen LogP contribution in [-0.4, -0.2) is 29.8 Å². The number of benzene rings is 2. The maximum atomic E-state index is 13.7. The SMILES string of the molecule is O=C1CN(Cc2cc(F)cc(C(F)(F)F)c2)CC(c2ccc3c(c2)CNC3=O)N1. The topological polar surface area (TPSA) is 61.4 Å². The Morgan fingerprint density at radius 3 is 2.66 bits per heavy atom. The van der Waals surface area contributed by atoms with E-state index in [1.54, 1.807) is 17.0 Å². The van der Waals surface area contributed by atoms with Crippen LogP contribution in [0.3, 0.4) is 0 Å². The second-order valence-corrected chi connectivity index (χ2v) is 7.23. The first-order valence-electron chi connectivity index (χ1n) is 8.98. The molecule has 2 N–H and O–H groups in total. The number of halogens is 4. The Bertz CT molecular complexity index is 990. The van der Waals surface area contributed by atoms with Crippen molar-refractivity contribution in [2.75, 3.05) is 13.1 Å². The van der Waals surface area contributed by atoms with Crippen LogP contribution in [-0.2, 0) is 24.1 Å². The number of nitrogens with zero attached hydrogens (tertiary/aromatic N) is 1. The fraction of sp³-hybridized carbons (Fsp3) is 0.300. The second kappa shape index (κ2) is 7.14. The number of nitrogens with one attached hydrogen (secondary N) is 2. The predicted octanol–water partition coefficient (Wildman–Crippen LogP) is 2.76. The highest BCUT2D eigenvalue weighted by molar-refractivity contribution is 5.98. The lowest BCUT2D eigenvalue weighted by Crippen LogP contribution is -2.49. The molecule has 4 rings (SSSR count). The zero-order valence-electron chi connectivity index (χ0n) is 15.1. The molecule has 2 aromatic rings. The number of fused-ring (bicyclic) bond motifs is 1. The van der Waals surface area contributed by atoms with Gasteiger partial charge in [-0.05, 0) is 41.0 Å². The van der Waals surface area contributed by atoms with Gasteiger partial charge in [-0.15, -0.1) is 0 Å². The first kappa shape index (κ1) is 19.4. The van der Waals surface area contributed by atoms with Gasteiger partial charge < -0.3 is 10.6 Å². The molecule has 2 heterocycles. The Balaban J connectivity index is 1.54. The van der Waals surface area contributed by atoms with Crippen molar-refractivity contribution < 1.29 is 27.2 Å². The summed E-state index contributed by atoms with van der Waals surface area (Å²) in [6.07, 6.45) is -4.64. The predicted molar refractivity (Wildman–Crippen MR) is 95.2 cm³/mol. The van der Waals surface area contributed by atoms with Gasteiger partial charge in [-0.2, -0.15) is 13.2 Å². The van der Waals surface area contributed by atoms with Gasteiger partial charge in [0.25, 0.3) is 5.91 Å². The lowest BCUT2D eigenvalue weighted by atomic mass is 9.99. The van der Waals surface area contributed by atoms with Gasteiger partial charge in [0.2, 0.25) is 5.91 Å². The molecule has 152 valence electrons. The molecule has 1 fully saturated rings. The van der Waals surface area contributed by atoms with E-state index in [1.165, 1.54) is 0 Å². The quantitative estimate of drug-likeness (QED) is 0.770. The number of carbonyl (C=O) groups is 2. The molecule has 0 aliphatic carbocycles. The number of piperazine rings is 1. The van der Waals surface area contributed by atoms with Crippen molar-refractivity contribution in [3.8, 4) is 0 Å². The van der Waals surface area contributed by atoms with Gasteiger partial charge in [0.1, 0.15) is 5.82 Å². The van der Waals surface area contributed by atoms with E-state index in [-0.39, 0.29) is 36.5 Å². The molecule has 5 nitrogen and oxygen atoms in total. The average molecular weight is 407 g/mol. The maximum Gasteiger partial charge on any atom is 0.416 e. The molecule has 2 aliphatic heterocycles. The van der Waals surface area contributed by atoms with Gasteiger partial charge in [-0.1, -0.05) is 12.1 Å². The summed E-state index contributed by atoms with van der Waals surface area (Å²) in [6, 6.07) is 7.30. The minimum atomic E-state index is -4.64. The Hall–Kier alpha value is -2.94. The number of rotatable bonds is 3. The fourth-order valence-corrected chi connectivity index (χ4v) is 3.75. The molecular weight excluding hydrogens is 390 g/mol.